The van der Waals surface area contributed by atoms with Crippen LogP contribution in [0.1, 0.15) is 0 Å². The Morgan fingerprint density at radius 3 is 1.36 bits per heavy atom. The van der Waals surface area contributed by atoms with Crippen LogP contribution in [0.2, 0.25) is 0 Å². The van der Waals surface area contributed by atoms with Crippen LogP contribution in [0.15, 0.2) is 146 Å². The van der Waals surface area contributed by atoms with Crippen LogP contribution in [-0.4, -0.2) is 9.55 Å². The van der Waals surface area contributed by atoms with E-state index >= 15 is 0 Å². The van der Waals surface area contributed by atoms with Crippen LogP contribution in [0.3, 0.4) is 0 Å². The molecular formula is C37H24N2. The van der Waals surface area contributed by atoms with E-state index in [0.29, 0.717) is 0 Å². The number of benzene rings is 6. The summed E-state index contributed by atoms with van der Waals surface area (Å²) >= 11 is 0. The monoisotopic (exact) mass is 496 g/mol. The molecule has 8 aromatic rings. The normalized spacial score (nSPS) is 11.6. The van der Waals surface area contributed by atoms with Crippen LogP contribution in [0.4, 0.5) is 0 Å². The number of para-hydroxylation sites is 2. The molecule has 2 heteroatoms. The van der Waals surface area contributed by atoms with Gasteiger partial charge in [-0.2, -0.15) is 0 Å². The first-order chi connectivity index (χ1) is 19.4. The third kappa shape index (κ3) is 3.32. The molecule has 0 N–H and O–H groups in total. The zero-order chi connectivity index (χ0) is 25.8. The largest absolute Gasteiger partial charge is 0.309 e. The molecule has 0 radical (unpaired) electrons. The first-order valence-corrected chi connectivity index (χ1v) is 13.3. The summed E-state index contributed by atoms with van der Waals surface area (Å²) in [6.07, 6.45) is 1.88. The van der Waals surface area contributed by atoms with Crippen LogP contribution in [0, 0.1) is 0 Å². The van der Waals surface area contributed by atoms with Gasteiger partial charge in [-0.3, -0.25) is 4.98 Å². The molecule has 182 valence electrons. The quantitative estimate of drug-likeness (QED) is 0.223. The van der Waals surface area contributed by atoms with E-state index in [9.17, 15) is 0 Å². The average Bonchev–Trinajstić information content (AvgIpc) is 3.35. The van der Waals surface area contributed by atoms with Gasteiger partial charge in [-0.25, -0.2) is 0 Å². The maximum Gasteiger partial charge on any atom is 0.0714 e. The first kappa shape index (κ1) is 21.8. The molecule has 0 bridgehead atoms. The van der Waals surface area contributed by atoms with Crippen molar-refractivity contribution >= 4 is 43.4 Å². The van der Waals surface area contributed by atoms with Crippen molar-refractivity contribution in [1.29, 1.82) is 0 Å². The highest BCUT2D eigenvalue weighted by molar-refractivity contribution is 6.21. The first-order valence-electron chi connectivity index (χ1n) is 13.3. The Hall–Kier alpha value is -5.21. The minimum absolute atomic E-state index is 0.998. The second kappa shape index (κ2) is 8.68. The van der Waals surface area contributed by atoms with Crippen molar-refractivity contribution < 1.29 is 0 Å². The van der Waals surface area contributed by atoms with Gasteiger partial charge in [0.1, 0.15) is 0 Å². The molecule has 2 heterocycles. The Morgan fingerprint density at radius 1 is 0.385 bits per heavy atom. The minimum atomic E-state index is 0.998. The molecule has 8 rings (SSSR count). The van der Waals surface area contributed by atoms with E-state index in [2.05, 4.69) is 138 Å². The van der Waals surface area contributed by atoms with Gasteiger partial charge in [-0.1, -0.05) is 103 Å². The van der Waals surface area contributed by atoms with Gasteiger partial charge in [0.15, 0.2) is 0 Å². The Balaban J connectivity index is 1.38. The predicted molar refractivity (Wildman–Crippen MR) is 164 cm³/mol. The minimum Gasteiger partial charge on any atom is -0.309 e. The molecule has 0 aliphatic carbocycles. The van der Waals surface area contributed by atoms with Gasteiger partial charge in [0.2, 0.25) is 0 Å². The standard InChI is InChI=1S/C37H24N2/c1-3-15-31-29(13-1)36(30-14-2-4-16-32(30)37(31)33-17-9-10-24-38-33)25-20-22-26(23-21-25)39-34-18-7-5-11-27(34)28-12-6-8-19-35(28)39/h1-24H. The maximum absolute atomic E-state index is 4.74. The molecule has 0 saturated carbocycles. The lowest BCUT2D eigenvalue weighted by Crippen LogP contribution is -1.95. The van der Waals surface area contributed by atoms with Gasteiger partial charge < -0.3 is 4.57 Å². The van der Waals surface area contributed by atoms with E-state index in [1.165, 1.54) is 60.0 Å². The van der Waals surface area contributed by atoms with E-state index in [1.54, 1.807) is 0 Å². The average molecular weight is 497 g/mol. The predicted octanol–water partition coefficient (Wildman–Crippen LogP) is 9.82. The number of hydrogen-bond acceptors (Lipinski definition) is 1. The molecule has 39 heavy (non-hydrogen) atoms. The van der Waals surface area contributed by atoms with Crippen LogP contribution < -0.4 is 0 Å². The summed E-state index contributed by atoms with van der Waals surface area (Å²) in [7, 11) is 0. The fraction of sp³-hybridized carbons (Fsp3) is 0. The summed E-state index contributed by atoms with van der Waals surface area (Å²) in [6.45, 7) is 0. The van der Waals surface area contributed by atoms with E-state index < -0.39 is 0 Å². The van der Waals surface area contributed by atoms with Gasteiger partial charge in [0.05, 0.1) is 16.7 Å². The fourth-order valence-corrected chi connectivity index (χ4v) is 6.20. The third-order valence-electron chi connectivity index (χ3n) is 7.85. The summed E-state index contributed by atoms with van der Waals surface area (Å²) in [6, 6.07) is 50.0. The molecule has 2 nitrogen and oxygen atoms in total. The Kier molecular flexibility index (Phi) is 4.86. The van der Waals surface area contributed by atoms with Crippen LogP contribution in [0.5, 0.6) is 0 Å². The van der Waals surface area contributed by atoms with Gasteiger partial charge in [0.25, 0.3) is 0 Å². The van der Waals surface area contributed by atoms with Gasteiger partial charge in [-0.15, -0.1) is 0 Å². The van der Waals surface area contributed by atoms with Crippen molar-refractivity contribution in [3.05, 3.63) is 146 Å². The molecule has 0 fully saturated rings. The zero-order valence-corrected chi connectivity index (χ0v) is 21.3. The summed E-state index contributed by atoms with van der Waals surface area (Å²) in [5.41, 5.74) is 8.26. The molecule has 0 unspecified atom stereocenters. The summed E-state index contributed by atoms with van der Waals surface area (Å²) in [5, 5.41) is 7.47. The molecule has 2 aromatic heterocycles. The topological polar surface area (TPSA) is 17.8 Å². The molecule has 0 aliphatic rings. The molecule has 6 aromatic carbocycles. The Morgan fingerprint density at radius 2 is 0.846 bits per heavy atom. The summed E-state index contributed by atoms with van der Waals surface area (Å²) < 4.78 is 2.37. The lowest BCUT2D eigenvalue weighted by Gasteiger charge is -2.17. The van der Waals surface area contributed by atoms with E-state index in [-0.39, 0.29) is 0 Å². The van der Waals surface area contributed by atoms with E-state index in [4.69, 9.17) is 4.98 Å². The number of rotatable bonds is 3. The van der Waals surface area contributed by atoms with Gasteiger partial charge >= 0.3 is 0 Å². The fourth-order valence-electron chi connectivity index (χ4n) is 6.20. The summed E-state index contributed by atoms with van der Waals surface area (Å²) in [5.74, 6) is 0. The number of aromatic nitrogens is 2. The highest BCUT2D eigenvalue weighted by Crippen LogP contribution is 2.43. The van der Waals surface area contributed by atoms with Crippen LogP contribution in [0.25, 0.3) is 71.4 Å². The lowest BCUT2D eigenvalue weighted by molar-refractivity contribution is 1.18. The molecule has 0 atom stereocenters. The second-order valence-corrected chi connectivity index (χ2v) is 9.97. The highest BCUT2D eigenvalue weighted by atomic mass is 15.0. The molecule has 0 saturated heterocycles. The van der Waals surface area contributed by atoms with Crippen LogP contribution >= 0.6 is 0 Å². The van der Waals surface area contributed by atoms with Crippen LogP contribution in [-0.2, 0) is 0 Å². The number of fused-ring (bicyclic) bond motifs is 5. The van der Waals surface area contributed by atoms with Gasteiger partial charge in [0, 0.05) is 28.2 Å². The van der Waals surface area contributed by atoms with Crippen molar-refractivity contribution in [2.24, 2.45) is 0 Å². The smallest absolute Gasteiger partial charge is 0.0714 e. The van der Waals surface area contributed by atoms with Crippen molar-refractivity contribution in [1.82, 2.24) is 9.55 Å². The van der Waals surface area contributed by atoms with Gasteiger partial charge in [-0.05, 0) is 69.1 Å². The molecular weight excluding hydrogens is 472 g/mol. The van der Waals surface area contributed by atoms with Crippen molar-refractivity contribution in [3.8, 4) is 28.1 Å². The Labute approximate surface area is 226 Å². The van der Waals surface area contributed by atoms with Crippen molar-refractivity contribution in [2.75, 3.05) is 0 Å². The van der Waals surface area contributed by atoms with Crippen molar-refractivity contribution in [2.45, 2.75) is 0 Å². The molecule has 0 amide bonds. The Bertz CT molecular complexity index is 2040. The molecule has 0 aliphatic heterocycles. The zero-order valence-electron chi connectivity index (χ0n) is 21.3. The lowest BCUT2D eigenvalue weighted by atomic mass is 9.87. The summed E-state index contributed by atoms with van der Waals surface area (Å²) in [4.78, 5) is 4.74. The maximum atomic E-state index is 4.74. The highest BCUT2D eigenvalue weighted by Gasteiger charge is 2.17. The van der Waals surface area contributed by atoms with E-state index in [0.717, 1.165) is 11.4 Å². The SMILES string of the molecule is c1ccc(-c2c3ccccc3c(-c3ccc(-n4c5ccccc5c5ccccc54)cc3)c3ccccc23)nc1. The molecule has 0 spiro atoms. The number of nitrogens with zero attached hydrogens (tertiary/aromatic N) is 2. The second-order valence-electron chi connectivity index (χ2n) is 9.97. The number of pyridine rings is 1. The third-order valence-corrected chi connectivity index (χ3v) is 7.85. The van der Waals surface area contributed by atoms with Crippen molar-refractivity contribution in [3.63, 3.8) is 0 Å². The van der Waals surface area contributed by atoms with E-state index in [1.807, 2.05) is 12.3 Å². The number of hydrogen-bond donors (Lipinski definition) is 0.